The number of halogens is 2. The van der Waals surface area contributed by atoms with E-state index in [2.05, 4.69) is 0 Å². The summed E-state index contributed by atoms with van der Waals surface area (Å²) >= 11 is 6.05. The average molecular weight is 276 g/mol. The number of aliphatic hydroxyl groups excluding tert-OH is 1. The van der Waals surface area contributed by atoms with E-state index in [1.54, 1.807) is 24.3 Å². The Labute approximate surface area is 111 Å². The third-order valence-electron chi connectivity index (χ3n) is 3.15. The van der Waals surface area contributed by atoms with Gasteiger partial charge < -0.3 is 10.8 Å². The van der Waals surface area contributed by atoms with Crippen molar-refractivity contribution in [2.24, 2.45) is 5.73 Å². The van der Waals surface area contributed by atoms with E-state index in [0.717, 1.165) is 6.42 Å². The zero-order valence-electron chi connectivity index (χ0n) is 9.23. The lowest BCUT2D eigenvalue weighted by Gasteiger charge is -2.35. The Morgan fingerprint density at radius 2 is 2.06 bits per heavy atom. The highest BCUT2D eigenvalue weighted by molar-refractivity contribution is 6.31. The number of carbonyl (C=O) groups excluding carboxylic acids is 1. The van der Waals surface area contributed by atoms with Gasteiger partial charge in [0, 0.05) is 5.02 Å². The van der Waals surface area contributed by atoms with Crippen LogP contribution in [0.2, 0.25) is 5.02 Å². The minimum atomic E-state index is -1.13. The number of carbonyl (C=O) groups is 1. The van der Waals surface area contributed by atoms with Gasteiger partial charge in [0.15, 0.2) is 5.78 Å². The molecule has 5 heteroatoms. The quantitative estimate of drug-likeness (QED) is 0.825. The summed E-state index contributed by atoms with van der Waals surface area (Å²) in [6.07, 6.45) is 0.791. The fourth-order valence-corrected chi connectivity index (χ4v) is 2.52. The second-order valence-electron chi connectivity index (χ2n) is 4.22. The molecule has 17 heavy (non-hydrogen) atoms. The molecular weight excluding hydrogens is 261 g/mol. The van der Waals surface area contributed by atoms with E-state index in [0.29, 0.717) is 23.4 Å². The number of rotatable bonds is 1. The maximum atomic E-state index is 12.0. The molecule has 1 saturated carbocycles. The van der Waals surface area contributed by atoms with Crippen molar-refractivity contribution in [1.29, 1.82) is 0 Å². The molecule has 3 nitrogen and oxygen atoms in total. The van der Waals surface area contributed by atoms with Crippen LogP contribution in [0.25, 0.3) is 0 Å². The first kappa shape index (κ1) is 14.5. The molecular formula is C12H15Cl2NO2. The number of hydrogen-bond acceptors (Lipinski definition) is 3. The topological polar surface area (TPSA) is 63.3 Å². The van der Waals surface area contributed by atoms with Crippen LogP contribution in [-0.4, -0.2) is 17.0 Å². The number of hydrogen-bond donors (Lipinski definition) is 2. The van der Waals surface area contributed by atoms with E-state index in [1.165, 1.54) is 0 Å². The van der Waals surface area contributed by atoms with Crippen molar-refractivity contribution in [3.05, 3.63) is 34.9 Å². The highest BCUT2D eigenvalue weighted by atomic mass is 35.5. The van der Waals surface area contributed by atoms with E-state index >= 15 is 0 Å². The molecule has 94 valence electrons. The van der Waals surface area contributed by atoms with Crippen LogP contribution in [0.5, 0.6) is 0 Å². The summed E-state index contributed by atoms with van der Waals surface area (Å²) in [5.74, 6) is -0.327. The van der Waals surface area contributed by atoms with Crippen LogP contribution in [0.15, 0.2) is 24.3 Å². The second kappa shape index (κ2) is 5.36. The highest BCUT2D eigenvalue weighted by Crippen LogP contribution is 2.35. The third-order valence-corrected chi connectivity index (χ3v) is 3.48. The van der Waals surface area contributed by atoms with Gasteiger partial charge in [0.05, 0.1) is 0 Å². The maximum absolute atomic E-state index is 12.0. The van der Waals surface area contributed by atoms with Crippen LogP contribution < -0.4 is 5.73 Å². The van der Waals surface area contributed by atoms with Crippen molar-refractivity contribution in [2.45, 2.75) is 30.9 Å². The van der Waals surface area contributed by atoms with Crippen molar-refractivity contribution in [3.63, 3.8) is 0 Å². The molecule has 1 aromatic rings. The van der Waals surface area contributed by atoms with Crippen molar-refractivity contribution in [2.75, 3.05) is 0 Å². The van der Waals surface area contributed by atoms with Crippen molar-refractivity contribution >= 4 is 29.8 Å². The molecule has 2 atom stereocenters. The third kappa shape index (κ3) is 2.47. The molecule has 0 bridgehead atoms. The monoisotopic (exact) mass is 275 g/mol. The molecule has 0 saturated heterocycles. The minimum absolute atomic E-state index is 0. The summed E-state index contributed by atoms with van der Waals surface area (Å²) in [5, 5.41) is 10.1. The van der Waals surface area contributed by atoms with Crippen molar-refractivity contribution < 1.29 is 9.90 Å². The van der Waals surface area contributed by atoms with Gasteiger partial charge in [-0.15, -0.1) is 12.4 Å². The minimum Gasteiger partial charge on any atom is -0.385 e. The maximum Gasteiger partial charge on any atom is 0.185 e. The molecule has 0 aromatic heterocycles. The number of benzene rings is 1. The van der Waals surface area contributed by atoms with E-state index in [4.69, 9.17) is 17.3 Å². The molecule has 0 unspecified atom stereocenters. The first-order chi connectivity index (χ1) is 7.55. The van der Waals surface area contributed by atoms with Gasteiger partial charge in [-0.3, -0.25) is 4.79 Å². The Balaban J connectivity index is 0.00000144. The summed E-state index contributed by atoms with van der Waals surface area (Å²) in [4.78, 5) is 12.0. The van der Waals surface area contributed by atoms with E-state index in [9.17, 15) is 9.90 Å². The van der Waals surface area contributed by atoms with Crippen LogP contribution in [-0.2, 0) is 10.3 Å². The van der Waals surface area contributed by atoms with Crippen LogP contribution in [0, 0.1) is 0 Å². The molecule has 0 amide bonds. The summed E-state index contributed by atoms with van der Waals surface area (Å²) < 4.78 is 0. The highest BCUT2D eigenvalue weighted by Gasteiger charge is 2.43. The van der Waals surface area contributed by atoms with Crippen LogP contribution in [0.1, 0.15) is 24.8 Å². The Morgan fingerprint density at radius 1 is 1.41 bits per heavy atom. The van der Waals surface area contributed by atoms with E-state index < -0.39 is 11.6 Å². The molecule has 1 aromatic carbocycles. The summed E-state index contributed by atoms with van der Waals surface area (Å²) in [5.41, 5.74) is 5.60. The molecule has 1 fully saturated rings. The SMILES string of the molecule is Cl.N[C@@]1(c2ccccc2Cl)CCC[C@H](O)C1=O. The molecule has 3 N–H and O–H groups in total. The van der Waals surface area contributed by atoms with Gasteiger partial charge in [0.1, 0.15) is 11.6 Å². The summed E-state index contributed by atoms with van der Waals surface area (Å²) in [7, 11) is 0. The zero-order chi connectivity index (χ0) is 11.8. The van der Waals surface area contributed by atoms with Gasteiger partial charge in [-0.25, -0.2) is 0 Å². The lowest BCUT2D eigenvalue weighted by Crippen LogP contribution is -2.52. The zero-order valence-corrected chi connectivity index (χ0v) is 10.8. The largest absolute Gasteiger partial charge is 0.385 e. The fraction of sp³-hybridized carbons (Fsp3) is 0.417. The smallest absolute Gasteiger partial charge is 0.185 e. The normalized spacial score (nSPS) is 28.6. The van der Waals surface area contributed by atoms with Crippen molar-refractivity contribution in [3.8, 4) is 0 Å². The number of ketones is 1. The van der Waals surface area contributed by atoms with Gasteiger partial charge in [0.2, 0.25) is 0 Å². The predicted molar refractivity (Wildman–Crippen MR) is 69.4 cm³/mol. The average Bonchev–Trinajstić information content (AvgIpc) is 2.26. The van der Waals surface area contributed by atoms with E-state index in [-0.39, 0.29) is 18.2 Å². The van der Waals surface area contributed by atoms with Crippen LogP contribution in [0.3, 0.4) is 0 Å². The number of nitrogens with two attached hydrogens (primary N) is 1. The predicted octanol–water partition coefficient (Wildman–Crippen LogP) is 2.03. The first-order valence-corrected chi connectivity index (χ1v) is 5.70. The first-order valence-electron chi connectivity index (χ1n) is 5.32. The van der Waals surface area contributed by atoms with Gasteiger partial charge >= 0.3 is 0 Å². The fourth-order valence-electron chi connectivity index (χ4n) is 2.22. The second-order valence-corrected chi connectivity index (χ2v) is 4.63. The summed E-state index contributed by atoms with van der Waals surface area (Å²) in [6, 6.07) is 7.04. The van der Waals surface area contributed by atoms with Crippen molar-refractivity contribution in [1.82, 2.24) is 0 Å². The standard InChI is InChI=1S/C12H14ClNO2.ClH/c13-9-5-2-1-4-8(9)12(14)7-3-6-10(15)11(12)16;/h1-2,4-5,10,15H,3,6-7,14H2;1H/t10-,12+;/m0./s1. The Kier molecular flexibility index (Phi) is 4.55. The van der Waals surface area contributed by atoms with Gasteiger partial charge in [-0.1, -0.05) is 29.8 Å². The molecule has 1 aliphatic carbocycles. The molecule has 0 aliphatic heterocycles. The van der Waals surface area contributed by atoms with Gasteiger partial charge in [0.25, 0.3) is 0 Å². The Hall–Kier alpha value is -0.610. The lowest BCUT2D eigenvalue weighted by molar-refractivity contribution is -0.136. The van der Waals surface area contributed by atoms with E-state index in [1.807, 2.05) is 0 Å². The number of aliphatic hydroxyl groups is 1. The summed E-state index contributed by atoms with van der Waals surface area (Å²) in [6.45, 7) is 0. The Bertz CT molecular complexity index is 425. The molecule has 1 aliphatic rings. The lowest BCUT2D eigenvalue weighted by atomic mass is 9.75. The van der Waals surface area contributed by atoms with Gasteiger partial charge in [-0.05, 0) is 30.9 Å². The molecule has 2 rings (SSSR count). The molecule has 0 spiro atoms. The Morgan fingerprint density at radius 3 is 2.71 bits per heavy atom. The number of Topliss-reactive ketones (excluding diaryl/α,β-unsaturated/α-hetero) is 1. The van der Waals surface area contributed by atoms with Gasteiger partial charge in [-0.2, -0.15) is 0 Å². The van der Waals surface area contributed by atoms with Crippen LogP contribution >= 0.6 is 24.0 Å². The van der Waals surface area contributed by atoms with Crippen LogP contribution in [0.4, 0.5) is 0 Å². The molecule has 0 heterocycles. The molecule has 0 radical (unpaired) electrons.